The summed E-state index contributed by atoms with van der Waals surface area (Å²) in [5, 5.41) is 3.62. The normalized spacial score (nSPS) is 17.9. The monoisotopic (exact) mass is 276 g/mol. The number of benzene rings is 1. The summed E-state index contributed by atoms with van der Waals surface area (Å²) in [6.45, 7) is 9.59. The van der Waals surface area contributed by atoms with Gasteiger partial charge in [0.1, 0.15) is 5.75 Å². The van der Waals surface area contributed by atoms with Crippen molar-refractivity contribution in [2.75, 3.05) is 26.2 Å². The van der Waals surface area contributed by atoms with Gasteiger partial charge >= 0.3 is 0 Å². The summed E-state index contributed by atoms with van der Waals surface area (Å²) >= 11 is 0. The van der Waals surface area contributed by atoms with Crippen molar-refractivity contribution >= 4 is 0 Å². The third-order valence-electron chi connectivity index (χ3n) is 3.89. The lowest BCUT2D eigenvalue weighted by molar-refractivity contribution is 0.208. The van der Waals surface area contributed by atoms with Crippen LogP contribution in [0.15, 0.2) is 24.3 Å². The van der Waals surface area contributed by atoms with E-state index in [1.807, 2.05) is 13.0 Å². The standard InChI is InChI=1S/C17H28N2O/c1-3-20-17-10-6-5-9-16(17)13-18-15(2)14-19-11-7-4-8-12-19/h5-6,9-10,15,18H,3-4,7-8,11-14H2,1-2H3. The van der Waals surface area contributed by atoms with Crippen molar-refractivity contribution in [3.8, 4) is 5.75 Å². The van der Waals surface area contributed by atoms with E-state index >= 15 is 0 Å². The number of hydrogen-bond donors (Lipinski definition) is 1. The topological polar surface area (TPSA) is 24.5 Å². The summed E-state index contributed by atoms with van der Waals surface area (Å²) in [4.78, 5) is 2.58. The molecule has 112 valence electrons. The van der Waals surface area contributed by atoms with Crippen molar-refractivity contribution < 1.29 is 4.74 Å². The van der Waals surface area contributed by atoms with Gasteiger partial charge in [-0.05, 0) is 45.8 Å². The van der Waals surface area contributed by atoms with E-state index in [1.165, 1.54) is 37.9 Å². The molecule has 0 aliphatic carbocycles. The van der Waals surface area contributed by atoms with Crippen LogP contribution in [-0.2, 0) is 6.54 Å². The van der Waals surface area contributed by atoms with E-state index in [2.05, 4.69) is 35.3 Å². The second-order valence-electron chi connectivity index (χ2n) is 5.68. The Balaban J connectivity index is 1.78. The molecule has 1 N–H and O–H groups in total. The number of para-hydroxylation sites is 1. The van der Waals surface area contributed by atoms with Gasteiger partial charge in [0.25, 0.3) is 0 Å². The molecule has 1 aliphatic rings. The Morgan fingerprint density at radius 2 is 1.95 bits per heavy atom. The fourth-order valence-corrected chi connectivity index (χ4v) is 2.82. The highest BCUT2D eigenvalue weighted by molar-refractivity contribution is 5.33. The maximum absolute atomic E-state index is 5.67. The molecule has 1 saturated heterocycles. The number of rotatable bonds is 7. The van der Waals surface area contributed by atoms with Gasteiger partial charge in [0, 0.05) is 24.7 Å². The first-order valence-electron chi connectivity index (χ1n) is 7.96. The van der Waals surface area contributed by atoms with Gasteiger partial charge in [-0.25, -0.2) is 0 Å². The van der Waals surface area contributed by atoms with Gasteiger partial charge in [-0.3, -0.25) is 0 Å². The summed E-state index contributed by atoms with van der Waals surface area (Å²) in [5.41, 5.74) is 1.25. The summed E-state index contributed by atoms with van der Waals surface area (Å²) in [6.07, 6.45) is 4.12. The summed E-state index contributed by atoms with van der Waals surface area (Å²) in [6, 6.07) is 8.82. The van der Waals surface area contributed by atoms with Gasteiger partial charge in [-0.15, -0.1) is 0 Å². The van der Waals surface area contributed by atoms with Crippen LogP contribution in [0.2, 0.25) is 0 Å². The fraction of sp³-hybridized carbons (Fsp3) is 0.647. The van der Waals surface area contributed by atoms with Crippen molar-refractivity contribution in [1.29, 1.82) is 0 Å². The molecule has 1 aromatic carbocycles. The first kappa shape index (κ1) is 15.3. The van der Waals surface area contributed by atoms with Crippen LogP contribution >= 0.6 is 0 Å². The molecular formula is C17H28N2O. The maximum Gasteiger partial charge on any atom is 0.123 e. The van der Waals surface area contributed by atoms with Gasteiger partial charge in [0.05, 0.1) is 6.61 Å². The first-order valence-corrected chi connectivity index (χ1v) is 7.96. The third-order valence-corrected chi connectivity index (χ3v) is 3.89. The minimum absolute atomic E-state index is 0.516. The van der Waals surface area contributed by atoms with Crippen LogP contribution in [-0.4, -0.2) is 37.2 Å². The third kappa shape index (κ3) is 4.80. The average Bonchev–Trinajstić information content (AvgIpc) is 2.48. The van der Waals surface area contributed by atoms with Crippen molar-refractivity contribution in [1.82, 2.24) is 10.2 Å². The van der Waals surface area contributed by atoms with Crippen molar-refractivity contribution in [3.63, 3.8) is 0 Å². The molecule has 3 heteroatoms. The smallest absolute Gasteiger partial charge is 0.123 e. The molecular weight excluding hydrogens is 248 g/mol. The molecule has 0 saturated carbocycles. The highest BCUT2D eigenvalue weighted by Crippen LogP contribution is 2.17. The van der Waals surface area contributed by atoms with E-state index in [-0.39, 0.29) is 0 Å². The SMILES string of the molecule is CCOc1ccccc1CNC(C)CN1CCCCC1. The zero-order valence-corrected chi connectivity index (χ0v) is 12.9. The Kier molecular flexibility index (Phi) is 6.34. The molecule has 0 bridgehead atoms. The predicted molar refractivity (Wildman–Crippen MR) is 84.2 cm³/mol. The van der Waals surface area contributed by atoms with E-state index in [9.17, 15) is 0 Å². The van der Waals surface area contributed by atoms with E-state index < -0.39 is 0 Å². The van der Waals surface area contributed by atoms with Crippen molar-refractivity contribution in [3.05, 3.63) is 29.8 Å². The molecule has 0 amide bonds. The van der Waals surface area contributed by atoms with Crippen LogP contribution in [0.4, 0.5) is 0 Å². The van der Waals surface area contributed by atoms with E-state index in [1.54, 1.807) is 0 Å². The summed E-state index contributed by atoms with van der Waals surface area (Å²) in [7, 11) is 0. The van der Waals surface area contributed by atoms with Gasteiger partial charge in [0.2, 0.25) is 0 Å². The van der Waals surface area contributed by atoms with Crippen LogP contribution in [0.3, 0.4) is 0 Å². The zero-order chi connectivity index (χ0) is 14.2. The van der Waals surface area contributed by atoms with Crippen LogP contribution in [0, 0.1) is 0 Å². The Labute approximate surface area is 123 Å². The van der Waals surface area contributed by atoms with Crippen molar-refractivity contribution in [2.45, 2.75) is 45.7 Å². The average molecular weight is 276 g/mol. The van der Waals surface area contributed by atoms with Gasteiger partial charge in [-0.2, -0.15) is 0 Å². The number of nitrogens with one attached hydrogen (secondary N) is 1. The van der Waals surface area contributed by atoms with Gasteiger partial charge < -0.3 is 15.0 Å². The molecule has 2 rings (SSSR count). The Bertz CT molecular complexity index is 388. The Morgan fingerprint density at radius 1 is 1.20 bits per heavy atom. The molecule has 0 aromatic heterocycles. The number of piperidine rings is 1. The molecule has 0 radical (unpaired) electrons. The number of ether oxygens (including phenoxy) is 1. The number of likely N-dealkylation sites (tertiary alicyclic amines) is 1. The molecule has 1 fully saturated rings. The molecule has 3 nitrogen and oxygen atoms in total. The van der Waals surface area contributed by atoms with Crippen molar-refractivity contribution in [2.24, 2.45) is 0 Å². The second-order valence-corrected chi connectivity index (χ2v) is 5.68. The van der Waals surface area contributed by atoms with E-state index in [0.717, 1.165) is 25.4 Å². The highest BCUT2D eigenvalue weighted by Gasteiger charge is 2.13. The molecule has 1 heterocycles. The molecule has 20 heavy (non-hydrogen) atoms. The quantitative estimate of drug-likeness (QED) is 0.828. The Hall–Kier alpha value is -1.06. The van der Waals surface area contributed by atoms with Crippen LogP contribution in [0.25, 0.3) is 0 Å². The number of hydrogen-bond acceptors (Lipinski definition) is 3. The van der Waals surface area contributed by atoms with Crippen LogP contribution in [0.5, 0.6) is 5.75 Å². The fourth-order valence-electron chi connectivity index (χ4n) is 2.82. The summed E-state index contributed by atoms with van der Waals surface area (Å²) in [5.74, 6) is 1.01. The lowest BCUT2D eigenvalue weighted by Crippen LogP contribution is -2.41. The summed E-state index contributed by atoms with van der Waals surface area (Å²) < 4.78 is 5.67. The molecule has 1 aromatic rings. The van der Waals surface area contributed by atoms with E-state index in [4.69, 9.17) is 4.74 Å². The molecule has 1 unspecified atom stereocenters. The molecule has 1 aliphatic heterocycles. The van der Waals surface area contributed by atoms with Crippen LogP contribution < -0.4 is 10.1 Å². The Morgan fingerprint density at radius 3 is 2.70 bits per heavy atom. The molecule has 0 spiro atoms. The lowest BCUT2D eigenvalue weighted by atomic mass is 10.1. The maximum atomic E-state index is 5.67. The second kappa shape index (κ2) is 8.28. The lowest BCUT2D eigenvalue weighted by Gasteiger charge is -2.29. The zero-order valence-electron chi connectivity index (χ0n) is 12.9. The minimum Gasteiger partial charge on any atom is -0.494 e. The van der Waals surface area contributed by atoms with E-state index in [0.29, 0.717) is 6.04 Å². The highest BCUT2D eigenvalue weighted by atomic mass is 16.5. The molecule has 1 atom stereocenters. The van der Waals surface area contributed by atoms with Gasteiger partial charge in [-0.1, -0.05) is 24.6 Å². The minimum atomic E-state index is 0.516. The predicted octanol–water partition coefficient (Wildman–Crippen LogP) is 3.05. The van der Waals surface area contributed by atoms with Gasteiger partial charge in [0.15, 0.2) is 0 Å². The first-order chi connectivity index (χ1) is 9.79. The largest absolute Gasteiger partial charge is 0.494 e. The van der Waals surface area contributed by atoms with Crippen LogP contribution in [0.1, 0.15) is 38.7 Å². The number of nitrogens with zero attached hydrogens (tertiary/aromatic N) is 1.